The fourth-order valence-electron chi connectivity index (χ4n) is 1.60. The second-order valence-corrected chi connectivity index (χ2v) is 4.33. The van der Waals surface area contributed by atoms with Gasteiger partial charge < -0.3 is 5.32 Å². The van der Waals surface area contributed by atoms with Crippen molar-refractivity contribution >= 4 is 23.1 Å². The van der Waals surface area contributed by atoms with Gasteiger partial charge in [0.05, 0.1) is 11.3 Å². The van der Waals surface area contributed by atoms with Gasteiger partial charge in [0, 0.05) is 10.6 Å². The summed E-state index contributed by atoms with van der Waals surface area (Å²) in [5, 5.41) is 12.5. The van der Waals surface area contributed by atoms with E-state index < -0.39 is 0 Å². The molecular weight excluding hydrogens is 228 g/mol. The van der Waals surface area contributed by atoms with Gasteiger partial charge in [-0.15, -0.1) is 11.8 Å². The molecular formula is C14H12N2S. The van der Waals surface area contributed by atoms with Crippen LogP contribution in [0.2, 0.25) is 0 Å². The van der Waals surface area contributed by atoms with E-state index in [-0.39, 0.29) is 0 Å². The Morgan fingerprint density at radius 1 is 1.06 bits per heavy atom. The van der Waals surface area contributed by atoms with Crippen molar-refractivity contribution in [2.24, 2.45) is 0 Å². The molecule has 2 aromatic carbocycles. The highest BCUT2D eigenvalue weighted by atomic mass is 32.2. The number of benzene rings is 2. The number of nitrogens with one attached hydrogen (secondary N) is 1. The predicted molar refractivity (Wildman–Crippen MR) is 72.7 cm³/mol. The lowest BCUT2D eigenvalue weighted by atomic mass is 10.2. The quantitative estimate of drug-likeness (QED) is 0.823. The molecule has 0 atom stereocenters. The minimum Gasteiger partial charge on any atom is -0.354 e. The van der Waals surface area contributed by atoms with Crippen LogP contribution in [0.4, 0.5) is 11.4 Å². The van der Waals surface area contributed by atoms with Crippen LogP contribution >= 0.6 is 11.8 Å². The molecule has 0 aliphatic heterocycles. The largest absolute Gasteiger partial charge is 0.354 e. The molecule has 17 heavy (non-hydrogen) atoms. The Kier molecular flexibility index (Phi) is 3.69. The highest BCUT2D eigenvalue weighted by molar-refractivity contribution is 7.98. The molecule has 3 heteroatoms. The maximum Gasteiger partial charge on any atom is 0.103 e. The molecule has 2 aromatic rings. The van der Waals surface area contributed by atoms with Crippen molar-refractivity contribution in [1.29, 1.82) is 5.26 Å². The Morgan fingerprint density at radius 2 is 1.82 bits per heavy atom. The zero-order valence-electron chi connectivity index (χ0n) is 9.47. The van der Waals surface area contributed by atoms with E-state index >= 15 is 0 Å². The molecule has 0 saturated heterocycles. The second-order valence-electron chi connectivity index (χ2n) is 3.49. The molecule has 0 spiro atoms. The SMILES string of the molecule is CSc1cccc(Nc2ccccc2)c1C#N. The number of nitriles is 1. The summed E-state index contributed by atoms with van der Waals surface area (Å²) in [5.41, 5.74) is 2.54. The van der Waals surface area contributed by atoms with E-state index in [9.17, 15) is 5.26 Å². The summed E-state index contributed by atoms with van der Waals surface area (Å²) >= 11 is 1.58. The number of thioether (sulfide) groups is 1. The molecule has 0 bridgehead atoms. The number of rotatable bonds is 3. The van der Waals surface area contributed by atoms with E-state index in [0.29, 0.717) is 5.56 Å². The smallest absolute Gasteiger partial charge is 0.103 e. The standard InChI is InChI=1S/C14H12N2S/c1-17-14-9-5-8-13(12(14)10-15)16-11-6-3-2-4-7-11/h2-9,16H,1H3. The summed E-state index contributed by atoms with van der Waals surface area (Å²) in [6.07, 6.45) is 1.97. The van der Waals surface area contributed by atoms with E-state index in [1.165, 1.54) is 0 Å². The summed E-state index contributed by atoms with van der Waals surface area (Å²) in [4.78, 5) is 0.994. The van der Waals surface area contributed by atoms with Crippen LogP contribution in [-0.2, 0) is 0 Å². The molecule has 0 fully saturated rings. The topological polar surface area (TPSA) is 35.8 Å². The third kappa shape index (κ3) is 2.61. The molecule has 2 nitrogen and oxygen atoms in total. The van der Waals surface area contributed by atoms with Gasteiger partial charge in [0.25, 0.3) is 0 Å². The van der Waals surface area contributed by atoms with Crippen LogP contribution in [-0.4, -0.2) is 6.26 Å². The first-order valence-electron chi connectivity index (χ1n) is 5.24. The Bertz CT molecular complexity index is 544. The molecule has 1 N–H and O–H groups in total. The van der Waals surface area contributed by atoms with Crippen molar-refractivity contribution < 1.29 is 0 Å². The van der Waals surface area contributed by atoms with Crippen LogP contribution < -0.4 is 5.32 Å². The lowest BCUT2D eigenvalue weighted by Gasteiger charge is -2.10. The first-order chi connectivity index (χ1) is 8.35. The second kappa shape index (κ2) is 5.42. The molecule has 0 radical (unpaired) electrons. The van der Waals surface area contributed by atoms with Crippen molar-refractivity contribution in [1.82, 2.24) is 0 Å². The molecule has 0 aromatic heterocycles. The van der Waals surface area contributed by atoms with Gasteiger partial charge in [-0.25, -0.2) is 0 Å². The van der Waals surface area contributed by atoms with Crippen molar-refractivity contribution in [2.45, 2.75) is 4.90 Å². The zero-order valence-corrected chi connectivity index (χ0v) is 10.3. The zero-order chi connectivity index (χ0) is 12.1. The molecule has 2 rings (SSSR count). The highest BCUT2D eigenvalue weighted by Crippen LogP contribution is 2.28. The molecule has 0 heterocycles. The van der Waals surface area contributed by atoms with Crippen LogP contribution in [0.3, 0.4) is 0 Å². The van der Waals surface area contributed by atoms with Crippen LogP contribution in [0.15, 0.2) is 53.4 Å². The third-order valence-corrected chi connectivity index (χ3v) is 3.19. The predicted octanol–water partition coefficient (Wildman–Crippen LogP) is 4.02. The fourth-order valence-corrected chi connectivity index (χ4v) is 2.17. The molecule has 0 aliphatic rings. The molecule has 84 valence electrons. The van der Waals surface area contributed by atoms with Crippen molar-refractivity contribution in [3.63, 3.8) is 0 Å². The van der Waals surface area contributed by atoms with Crippen molar-refractivity contribution in [3.8, 4) is 6.07 Å². The van der Waals surface area contributed by atoms with Gasteiger partial charge in [-0.05, 0) is 30.5 Å². The highest BCUT2D eigenvalue weighted by Gasteiger charge is 2.06. The number of nitrogens with zero attached hydrogens (tertiary/aromatic N) is 1. The maximum atomic E-state index is 9.21. The van der Waals surface area contributed by atoms with Gasteiger partial charge >= 0.3 is 0 Å². The molecule has 0 amide bonds. The van der Waals surface area contributed by atoms with Crippen molar-refractivity contribution in [2.75, 3.05) is 11.6 Å². The Morgan fingerprint density at radius 3 is 2.47 bits per heavy atom. The fraction of sp³-hybridized carbons (Fsp3) is 0.0714. The van der Waals surface area contributed by atoms with E-state index in [1.807, 2.05) is 54.8 Å². The maximum absolute atomic E-state index is 9.21. The van der Waals surface area contributed by atoms with E-state index in [0.717, 1.165) is 16.3 Å². The van der Waals surface area contributed by atoms with Crippen LogP contribution in [0.5, 0.6) is 0 Å². The van der Waals surface area contributed by atoms with Gasteiger partial charge in [-0.2, -0.15) is 5.26 Å². The third-order valence-electron chi connectivity index (χ3n) is 2.41. The van der Waals surface area contributed by atoms with E-state index in [4.69, 9.17) is 0 Å². The first-order valence-corrected chi connectivity index (χ1v) is 6.47. The Labute approximate surface area is 105 Å². The summed E-state index contributed by atoms with van der Waals surface area (Å²) < 4.78 is 0. The monoisotopic (exact) mass is 240 g/mol. The molecule has 0 aliphatic carbocycles. The Hall–Kier alpha value is -1.92. The normalized spacial score (nSPS) is 9.65. The number of hydrogen-bond acceptors (Lipinski definition) is 3. The van der Waals surface area contributed by atoms with E-state index in [2.05, 4.69) is 11.4 Å². The van der Waals surface area contributed by atoms with E-state index in [1.54, 1.807) is 11.8 Å². The summed E-state index contributed by atoms with van der Waals surface area (Å²) in [7, 11) is 0. The average molecular weight is 240 g/mol. The van der Waals surface area contributed by atoms with Gasteiger partial charge in [0.2, 0.25) is 0 Å². The van der Waals surface area contributed by atoms with Crippen LogP contribution in [0, 0.1) is 11.3 Å². The van der Waals surface area contributed by atoms with Gasteiger partial charge in [-0.3, -0.25) is 0 Å². The first kappa shape index (κ1) is 11.6. The number of para-hydroxylation sites is 1. The molecule has 0 unspecified atom stereocenters. The Balaban J connectivity index is 2.37. The average Bonchev–Trinajstić information content (AvgIpc) is 2.39. The lowest BCUT2D eigenvalue weighted by molar-refractivity contribution is 1.36. The summed E-state index contributed by atoms with van der Waals surface area (Å²) in [6, 6.07) is 17.9. The summed E-state index contributed by atoms with van der Waals surface area (Å²) in [5.74, 6) is 0. The minimum absolute atomic E-state index is 0.698. The van der Waals surface area contributed by atoms with Crippen LogP contribution in [0.1, 0.15) is 5.56 Å². The van der Waals surface area contributed by atoms with Gasteiger partial charge in [0.15, 0.2) is 0 Å². The van der Waals surface area contributed by atoms with Gasteiger partial charge in [-0.1, -0.05) is 24.3 Å². The lowest BCUT2D eigenvalue weighted by Crippen LogP contribution is -1.94. The van der Waals surface area contributed by atoms with Crippen LogP contribution in [0.25, 0.3) is 0 Å². The molecule has 0 saturated carbocycles. The summed E-state index contributed by atoms with van der Waals surface area (Å²) in [6.45, 7) is 0. The van der Waals surface area contributed by atoms with Gasteiger partial charge in [0.1, 0.15) is 6.07 Å². The van der Waals surface area contributed by atoms with Crippen molar-refractivity contribution in [3.05, 3.63) is 54.1 Å². The number of hydrogen-bond donors (Lipinski definition) is 1. The minimum atomic E-state index is 0.698. The number of anilines is 2.